The van der Waals surface area contributed by atoms with Crippen LogP contribution in [0.2, 0.25) is 0 Å². The average Bonchev–Trinajstić information content (AvgIpc) is 2.17. The lowest BCUT2D eigenvalue weighted by Gasteiger charge is -2.18. The zero-order chi connectivity index (χ0) is 12.3. The van der Waals surface area contributed by atoms with Crippen LogP contribution >= 0.6 is 0 Å². The molecular formula is C11H13F2NO2. The second-order valence-electron chi connectivity index (χ2n) is 4.27. The van der Waals surface area contributed by atoms with Crippen LogP contribution in [0.4, 0.5) is 8.78 Å². The Hall–Kier alpha value is -1.49. The highest BCUT2D eigenvalue weighted by Gasteiger charge is 2.16. The lowest BCUT2D eigenvalue weighted by atomic mass is 10.2. The molecule has 0 aliphatic rings. The number of benzene rings is 1. The molecule has 0 atom stereocenters. The normalized spacial score (nSPS) is 11.3. The lowest BCUT2D eigenvalue weighted by molar-refractivity contribution is -0.0591. The molecule has 0 aromatic heterocycles. The molecule has 5 heteroatoms. The molecule has 0 aliphatic carbocycles. The quantitative estimate of drug-likeness (QED) is 0.791. The van der Waals surface area contributed by atoms with Gasteiger partial charge in [-0.2, -0.15) is 0 Å². The van der Waals surface area contributed by atoms with E-state index in [0.29, 0.717) is 0 Å². The molecule has 0 unspecified atom stereocenters. The Bertz CT molecular complexity index is 399. The van der Waals surface area contributed by atoms with Crippen LogP contribution in [-0.2, 0) is 4.84 Å². The predicted molar refractivity (Wildman–Crippen MR) is 54.7 cm³/mol. The van der Waals surface area contributed by atoms with Gasteiger partial charge in [0, 0.05) is 0 Å². The Kier molecular flexibility index (Phi) is 3.59. The van der Waals surface area contributed by atoms with Crippen LogP contribution in [0.3, 0.4) is 0 Å². The second kappa shape index (κ2) is 4.57. The minimum absolute atomic E-state index is 0.385. The van der Waals surface area contributed by atoms with Gasteiger partial charge in [0.15, 0.2) is 0 Å². The van der Waals surface area contributed by atoms with E-state index in [0.717, 1.165) is 18.2 Å². The van der Waals surface area contributed by atoms with Gasteiger partial charge in [-0.25, -0.2) is 14.3 Å². The Labute approximate surface area is 92.4 Å². The van der Waals surface area contributed by atoms with Gasteiger partial charge in [0.25, 0.3) is 5.91 Å². The summed E-state index contributed by atoms with van der Waals surface area (Å²) < 4.78 is 26.0. The first-order valence-electron chi connectivity index (χ1n) is 4.73. The molecule has 0 radical (unpaired) electrons. The lowest BCUT2D eigenvalue weighted by Crippen LogP contribution is -2.34. The van der Waals surface area contributed by atoms with E-state index in [2.05, 4.69) is 5.48 Å². The Morgan fingerprint density at radius 1 is 1.31 bits per heavy atom. The van der Waals surface area contributed by atoms with Crippen LogP contribution in [0.25, 0.3) is 0 Å². The van der Waals surface area contributed by atoms with Gasteiger partial charge < -0.3 is 0 Å². The van der Waals surface area contributed by atoms with E-state index in [1.165, 1.54) is 0 Å². The average molecular weight is 229 g/mol. The standard InChI is InChI=1S/C11H13F2NO2/c1-11(2,3)16-14-10(15)8-6-7(12)4-5-9(8)13/h4-6H,1-3H3,(H,14,15). The molecular weight excluding hydrogens is 216 g/mol. The smallest absolute Gasteiger partial charge is 0.268 e. The highest BCUT2D eigenvalue weighted by molar-refractivity contribution is 5.93. The third kappa shape index (κ3) is 3.58. The molecule has 1 N–H and O–H groups in total. The first-order valence-corrected chi connectivity index (χ1v) is 4.73. The van der Waals surface area contributed by atoms with Crippen LogP contribution in [0, 0.1) is 11.6 Å². The molecule has 0 heterocycles. The summed E-state index contributed by atoms with van der Waals surface area (Å²) in [4.78, 5) is 16.4. The van der Waals surface area contributed by atoms with E-state index in [1.54, 1.807) is 20.8 Å². The fraction of sp³-hybridized carbons (Fsp3) is 0.364. The van der Waals surface area contributed by atoms with Crippen LogP contribution in [-0.4, -0.2) is 11.5 Å². The maximum atomic E-state index is 13.2. The van der Waals surface area contributed by atoms with E-state index in [-0.39, 0.29) is 5.56 Å². The Morgan fingerprint density at radius 3 is 2.50 bits per heavy atom. The number of nitrogens with one attached hydrogen (secondary N) is 1. The molecule has 1 rings (SSSR count). The maximum absolute atomic E-state index is 13.2. The topological polar surface area (TPSA) is 38.3 Å². The Morgan fingerprint density at radius 2 is 1.94 bits per heavy atom. The molecule has 88 valence electrons. The van der Waals surface area contributed by atoms with Gasteiger partial charge in [-0.1, -0.05) is 0 Å². The number of hydroxylamine groups is 1. The summed E-state index contributed by atoms with van der Waals surface area (Å²) in [6, 6.07) is 2.65. The predicted octanol–water partition coefficient (Wildman–Crippen LogP) is 2.42. The molecule has 0 bridgehead atoms. The number of amides is 1. The summed E-state index contributed by atoms with van der Waals surface area (Å²) >= 11 is 0. The minimum atomic E-state index is -0.813. The first kappa shape index (κ1) is 12.6. The van der Waals surface area contributed by atoms with E-state index in [1.807, 2.05) is 0 Å². The molecule has 3 nitrogen and oxygen atoms in total. The third-order valence-electron chi connectivity index (χ3n) is 1.62. The van der Waals surface area contributed by atoms with E-state index in [4.69, 9.17) is 4.84 Å². The van der Waals surface area contributed by atoms with E-state index < -0.39 is 23.1 Å². The summed E-state index contributed by atoms with van der Waals surface area (Å²) in [6.07, 6.45) is 0. The number of carbonyl (C=O) groups is 1. The maximum Gasteiger partial charge on any atom is 0.277 e. The van der Waals surface area contributed by atoms with Gasteiger partial charge in [0.2, 0.25) is 0 Å². The molecule has 1 aromatic rings. The first-order chi connectivity index (χ1) is 7.29. The van der Waals surface area contributed by atoms with Crippen molar-refractivity contribution >= 4 is 5.91 Å². The van der Waals surface area contributed by atoms with Gasteiger partial charge >= 0.3 is 0 Å². The van der Waals surface area contributed by atoms with Crippen molar-refractivity contribution in [3.05, 3.63) is 35.4 Å². The van der Waals surface area contributed by atoms with Crippen LogP contribution in [0.15, 0.2) is 18.2 Å². The Balaban J connectivity index is 2.77. The molecule has 1 amide bonds. The van der Waals surface area contributed by atoms with Gasteiger partial charge in [-0.05, 0) is 39.0 Å². The second-order valence-corrected chi connectivity index (χ2v) is 4.27. The van der Waals surface area contributed by atoms with Gasteiger partial charge in [-0.15, -0.1) is 0 Å². The minimum Gasteiger partial charge on any atom is -0.268 e. The molecule has 0 fully saturated rings. The van der Waals surface area contributed by atoms with Crippen molar-refractivity contribution in [2.45, 2.75) is 26.4 Å². The van der Waals surface area contributed by atoms with E-state index in [9.17, 15) is 13.6 Å². The fourth-order valence-corrected chi connectivity index (χ4v) is 0.926. The molecule has 0 aliphatic heterocycles. The molecule has 0 spiro atoms. The number of rotatable bonds is 2. The summed E-state index contributed by atoms with van der Waals surface area (Å²) in [5.41, 5.74) is 1.08. The summed E-state index contributed by atoms with van der Waals surface area (Å²) in [7, 11) is 0. The highest BCUT2D eigenvalue weighted by atomic mass is 19.1. The SMILES string of the molecule is CC(C)(C)ONC(=O)c1cc(F)ccc1F. The monoisotopic (exact) mass is 229 g/mol. The van der Waals surface area contributed by atoms with Crippen molar-refractivity contribution < 1.29 is 18.4 Å². The van der Waals surface area contributed by atoms with E-state index >= 15 is 0 Å². The summed E-state index contributed by atoms with van der Waals surface area (Å²) in [5.74, 6) is -2.29. The number of carbonyl (C=O) groups excluding carboxylic acids is 1. The number of hydrogen-bond donors (Lipinski definition) is 1. The molecule has 1 aromatic carbocycles. The van der Waals surface area contributed by atoms with Crippen molar-refractivity contribution in [3.63, 3.8) is 0 Å². The largest absolute Gasteiger partial charge is 0.277 e. The molecule has 0 saturated heterocycles. The number of halogens is 2. The van der Waals surface area contributed by atoms with Gasteiger partial charge in [0.05, 0.1) is 11.2 Å². The summed E-state index contributed by atoms with van der Waals surface area (Å²) in [6.45, 7) is 5.15. The van der Waals surface area contributed by atoms with Gasteiger partial charge in [0.1, 0.15) is 11.6 Å². The fourth-order valence-electron chi connectivity index (χ4n) is 0.926. The van der Waals surface area contributed by atoms with Crippen LogP contribution in [0.1, 0.15) is 31.1 Å². The van der Waals surface area contributed by atoms with Crippen LogP contribution < -0.4 is 5.48 Å². The van der Waals surface area contributed by atoms with Crippen molar-refractivity contribution in [1.82, 2.24) is 5.48 Å². The van der Waals surface area contributed by atoms with Crippen molar-refractivity contribution in [1.29, 1.82) is 0 Å². The summed E-state index contributed by atoms with van der Waals surface area (Å²) in [5, 5.41) is 0. The van der Waals surface area contributed by atoms with Crippen molar-refractivity contribution in [2.24, 2.45) is 0 Å². The van der Waals surface area contributed by atoms with Crippen molar-refractivity contribution in [2.75, 3.05) is 0 Å². The van der Waals surface area contributed by atoms with Crippen LogP contribution in [0.5, 0.6) is 0 Å². The molecule has 16 heavy (non-hydrogen) atoms. The van der Waals surface area contributed by atoms with Gasteiger partial charge in [-0.3, -0.25) is 9.63 Å². The number of hydrogen-bond acceptors (Lipinski definition) is 2. The van der Waals surface area contributed by atoms with Crippen molar-refractivity contribution in [3.8, 4) is 0 Å². The zero-order valence-corrected chi connectivity index (χ0v) is 9.30. The molecule has 0 saturated carbocycles. The third-order valence-corrected chi connectivity index (χ3v) is 1.62. The zero-order valence-electron chi connectivity index (χ0n) is 9.30. The highest BCUT2D eigenvalue weighted by Crippen LogP contribution is 2.10.